The van der Waals surface area contributed by atoms with E-state index in [1.54, 1.807) is 0 Å². The summed E-state index contributed by atoms with van der Waals surface area (Å²) in [5.41, 5.74) is 5.34. The van der Waals surface area contributed by atoms with Crippen molar-refractivity contribution >= 4 is 22.4 Å². The van der Waals surface area contributed by atoms with Crippen molar-refractivity contribution in [1.82, 2.24) is 15.2 Å². The maximum absolute atomic E-state index is 13.5. The van der Waals surface area contributed by atoms with E-state index in [2.05, 4.69) is 47.0 Å². The van der Waals surface area contributed by atoms with E-state index in [1.165, 1.54) is 0 Å². The fraction of sp³-hybridized carbons (Fsp3) is 0.357. The van der Waals surface area contributed by atoms with Gasteiger partial charge < -0.3 is 10.1 Å². The number of amides is 1. The molecule has 0 bridgehead atoms. The van der Waals surface area contributed by atoms with Gasteiger partial charge in [0.05, 0.1) is 11.1 Å². The maximum atomic E-state index is 13.5. The lowest BCUT2D eigenvalue weighted by Crippen LogP contribution is -2.48. The van der Waals surface area contributed by atoms with E-state index in [0.29, 0.717) is 18.2 Å². The first-order valence-corrected chi connectivity index (χ1v) is 11.7. The van der Waals surface area contributed by atoms with Gasteiger partial charge in [-0.2, -0.15) is 0 Å². The maximum Gasteiger partial charge on any atom is 0.252 e. The minimum Gasteiger partial charge on any atom is -0.492 e. The van der Waals surface area contributed by atoms with Crippen LogP contribution in [0, 0.1) is 6.92 Å². The molecule has 2 aromatic carbocycles. The summed E-state index contributed by atoms with van der Waals surface area (Å²) in [4.78, 5) is 20.3. The van der Waals surface area contributed by atoms with Gasteiger partial charge in [0, 0.05) is 23.2 Å². The molecular weight excluding hydrogens is 410 g/mol. The number of nitrogens with one attached hydrogen (secondary N) is 1. The van der Waals surface area contributed by atoms with Crippen LogP contribution in [-0.4, -0.2) is 42.0 Å². The molecule has 1 aliphatic heterocycles. The molecule has 2 fully saturated rings. The van der Waals surface area contributed by atoms with Crippen LogP contribution in [0.4, 0.5) is 0 Å². The van der Waals surface area contributed by atoms with Gasteiger partial charge in [0.2, 0.25) is 0 Å². The van der Waals surface area contributed by atoms with Crippen LogP contribution in [0.5, 0.6) is 5.75 Å². The van der Waals surface area contributed by atoms with E-state index in [4.69, 9.17) is 4.74 Å². The molecule has 0 spiro atoms. The first-order valence-electron chi connectivity index (χ1n) is 11.7. The first-order chi connectivity index (χ1) is 15.9. The third-order valence-corrected chi connectivity index (χ3v) is 7.17. The quantitative estimate of drug-likeness (QED) is 0.556. The topological polar surface area (TPSA) is 54.5 Å². The summed E-state index contributed by atoms with van der Waals surface area (Å²) in [6, 6.07) is 14.5. The van der Waals surface area contributed by atoms with Crippen molar-refractivity contribution in [1.29, 1.82) is 0 Å². The number of aromatic nitrogens is 1. The lowest BCUT2D eigenvalue weighted by atomic mass is 9.94. The van der Waals surface area contributed by atoms with Crippen molar-refractivity contribution in [3.63, 3.8) is 0 Å². The van der Waals surface area contributed by atoms with Crippen LogP contribution in [-0.2, 0) is 5.54 Å². The standard InChI is InChI=1S/C28H31N3O2/c1-18(2)20-14-25(23-6-5-12-29-26(23)15-20)28(10-11-28)30-27(32)24-16-22(8-7-19(24)3)33-17-21-9-13-31(21)4/h5-8,12,14-16,21H,1,9-11,13,17H2,2-4H3,(H,30,32). The second-order valence-electron chi connectivity index (χ2n) is 9.62. The summed E-state index contributed by atoms with van der Waals surface area (Å²) in [7, 11) is 2.11. The average Bonchev–Trinajstić information content (AvgIpc) is 3.58. The van der Waals surface area contributed by atoms with Gasteiger partial charge in [-0.15, -0.1) is 0 Å². The number of nitrogens with zero attached hydrogens (tertiary/aromatic N) is 2. The summed E-state index contributed by atoms with van der Waals surface area (Å²) < 4.78 is 6.02. The first kappa shape index (κ1) is 21.7. The molecule has 5 nitrogen and oxygen atoms in total. The van der Waals surface area contributed by atoms with Crippen LogP contribution < -0.4 is 10.1 Å². The third-order valence-electron chi connectivity index (χ3n) is 7.17. The van der Waals surface area contributed by atoms with E-state index < -0.39 is 0 Å². The lowest BCUT2D eigenvalue weighted by Gasteiger charge is -2.37. The molecule has 1 aliphatic carbocycles. The van der Waals surface area contributed by atoms with Crippen molar-refractivity contribution in [2.24, 2.45) is 0 Å². The Bertz CT molecular complexity index is 1250. The summed E-state index contributed by atoms with van der Waals surface area (Å²) in [6.45, 7) is 9.86. The zero-order chi connectivity index (χ0) is 23.2. The van der Waals surface area contributed by atoms with Crippen LogP contribution >= 0.6 is 0 Å². The zero-order valence-electron chi connectivity index (χ0n) is 19.6. The van der Waals surface area contributed by atoms with Gasteiger partial charge in [0.1, 0.15) is 12.4 Å². The van der Waals surface area contributed by atoms with Gasteiger partial charge in [0.25, 0.3) is 5.91 Å². The Kier molecular flexibility index (Phi) is 5.45. The fourth-order valence-corrected chi connectivity index (χ4v) is 4.60. The van der Waals surface area contributed by atoms with Gasteiger partial charge in [0.15, 0.2) is 0 Å². The number of ether oxygens (including phenoxy) is 1. The molecule has 2 aliphatic rings. The minimum absolute atomic E-state index is 0.0611. The van der Waals surface area contributed by atoms with Crippen molar-refractivity contribution in [3.05, 3.63) is 77.5 Å². The Morgan fingerprint density at radius 3 is 2.76 bits per heavy atom. The molecule has 1 saturated heterocycles. The highest BCUT2D eigenvalue weighted by molar-refractivity contribution is 5.97. The molecule has 5 heteroatoms. The summed E-state index contributed by atoms with van der Waals surface area (Å²) in [5.74, 6) is 0.684. The molecule has 1 N–H and O–H groups in total. The lowest BCUT2D eigenvalue weighted by molar-refractivity contribution is 0.0767. The van der Waals surface area contributed by atoms with Crippen molar-refractivity contribution in [2.75, 3.05) is 20.2 Å². The second-order valence-corrected chi connectivity index (χ2v) is 9.62. The van der Waals surface area contributed by atoms with Crippen molar-refractivity contribution in [2.45, 2.75) is 44.7 Å². The number of carbonyl (C=O) groups excluding carboxylic acids is 1. The smallest absolute Gasteiger partial charge is 0.252 e. The Balaban J connectivity index is 1.41. The van der Waals surface area contributed by atoms with E-state index in [9.17, 15) is 4.79 Å². The number of hydrogen-bond donors (Lipinski definition) is 1. The molecular formula is C28H31N3O2. The predicted molar refractivity (Wildman–Crippen MR) is 133 cm³/mol. The highest BCUT2D eigenvalue weighted by Gasteiger charge is 2.47. The Morgan fingerprint density at radius 2 is 2.09 bits per heavy atom. The summed E-state index contributed by atoms with van der Waals surface area (Å²) in [6.07, 6.45) is 4.78. The van der Waals surface area contributed by atoms with E-state index in [-0.39, 0.29) is 11.4 Å². The monoisotopic (exact) mass is 441 g/mol. The highest BCUT2D eigenvalue weighted by atomic mass is 16.5. The Morgan fingerprint density at radius 1 is 1.27 bits per heavy atom. The summed E-state index contributed by atoms with van der Waals surface area (Å²) >= 11 is 0. The molecule has 1 amide bonds. The van der Waals surface area contributed by atoms with E-state index in [1.807, 2.05) is 44.3 Å². The van der Waals surface area contributed by atoms with Gasteiger partial charge in [-0.1, -0.05) is 24.3 Å². The van der Waals surface area contributed by atoms with E-state index in [0.717, 1.165) is 64.7 Å². The molecule has 33 heavy (non-hydrogen) atoms. The molecule has 1 unspecified atom stereocenters. The largest absolute Gasteiger partial charge is 0.492 e. The zero-order valence-corrected chi connectivity index (χ0v) is 19.6. The predicted octanol–water partition coefficient (Wildman–Crippen LogP) is 5.08. The number of likely N-dealkylation sites (N-methyl/N-ethyl adjacent to an activating group) is 1. The third kappa shape index (κ3) is 4.13. The average molecular weight is 442 g/mol. The van der Waals surface area contributed by atoms with Crippen LogP contribution in [0.3, 0.4) is 0 Å². The van der Waals surface area contributed by atoms with Crippen LogP contribution in [0.2, 0.25) is 0 Å². The number of carbonyl (C=O) groups is 1. The van der Waals surface area contributed by atoms with E-state index >= 15 is 0 Å². The number of rotatable bonds is 7. The number of benzene rings is 2. The highest BCUT2D eigenvalue weighted by Crippen LogP contribution is 2.48. The second kappa shape index (κ2) is 8.31. The molecule has 5 rings (SSSR count). The number of fused-ring (bicyclic) bond motifs is 1. The SMILES string of the molecule is C=C(C)c1cc(C2(NC(=O)c3cc(OCC4CCN4C)ccc3C)CC2)c2cccnc2c1. The normalized spacial score (nSPS) is 19.1. The number of allylic oxidation sites excluding steroid dienone is 1. The van der Waals surface area contributed by atoms with Gasteiger partial charge in [-0.05, 0) is 93.7 Å². The Labute approximate surface area is 195 Å². The molecule has 2 heterocycles. The van der Waals surface area contributed by atoms with Gasteiger partial charge in [-0.3, -0.25) is 14.7 Å². The Hall–Kier alpha value is -3.18. The van der Waals surface area contributed by atoms with Gasteiger partial charge >= 0.3 is 0 Å². The van der Waals surface area contributed by atoms with Gasteiger partial charge in [-0.25, -0.2) is 0 Å². The van der Waals surface area contributed by atoms with Crippen LogP contribution in [0.1, 0.15) is 53.2 Å². The van der Waals surface area contributed by atoms with Crippen molar-refractivity contribution in [3.8, 4) is 5.75 Å². The molecule has 0 radical (unpaired) electrons. The molecule has 3 aromatic rings. The number of hydrogen-bond acceptors (Lipinski definition) is 4. The molecule has 170 valence electrons. The number of likely N-dealkylation sites (tertiary alicyclic amines) is 1. The minimum atomic E-state index is -0.373. The number of aryl methyl sites for hydroxylation is 1. The van der Waals surface area contributed by atoms with Crippen molar-refractivity contribution < 1.29 is 9.53 Å². The molecule has 1 aromatic heterocycles. The summed E-state index contributed by atoms with van der Waals surface area (Å²) in [5, 5.41) is 4.44. The molecule has 1 atom stereocenters. The fourth-order valence-electron chi connectivity index (χ4n) is 4.60. The van der Waals surface area contributed by atoms with Crippen LogP contribution in [0.15, 0.2) is 55.2 Å². The molecule has 1 saturated carbocycles. The number of pyridine rings is 1. The van der Waals surface area contributed by atoms with Crippen LogP contribution in [0.25, 0.3) is 16.5 Å².